The molecule has 1 aromatic heterocycles. The second-order valence-corrected chi connectivity index (χ2v) is 6.94. The molecule has 5 heteroatoms. The van der Waals surface area contributed by atoms with Crippen molar-refractivity contribution in [1.29, 1.82) is 0 Å². The number of carbonyl (C=O) groups excluding carboxylic acids is 1. The molecule has 0 bridgehead atoms. The lowest BCUT2D eigenvalue weighted by Crippen LogP contribution is -2.52. The molecule has 3 heterocycles. The first-order valence-electron chi connectivity index (χ1n) is 8.02. The Morgan fingerprint density at radius 3 is 2.78 bits per heavy atom. The molecule has 0 aromatic carbocycles. The molecule has 1 aromatic rings. The van der Waals surface area contributed by atoms with Crippen LogP contribution in [-0.2, 0) is 10.3 Å². The molecular weight excluding hydrogens is 290 g/mol. The number of hydrogen-bond donors (Lipinski definition) is 1. The lowest BCUT2D eigenvalue weighted by atomic mass is 9.84. The Hall–Kier alpha value is -2.14. The van der Waals surface area contributed by atoms with E-state index in [2.05, 4.69) is 30.5 Å². The summed E-state index contributed by atoms with van der Waals surface area (Å²) >= 11 is 0. The van der Waals surface area contributed by atoms with E-state index in [1.54, 1.807) is 6.26 Å². The summed E-state index contributed by atoms with van der Waals surface area (Å²) in [6.45, 7) is 8.87. The lowest BCUT2D eigenvalue weighted by Gasteiger charge is -2.37. The molecule has 0 fully saturated rings. The highest BCUT2D eigenvalue weighted by atomic mass is 16.3. The van der Waals surface area contributed by atoms with Crippen molar-refractivity contribution in [1.82, 2.24) is 5.32 Å². The quantitative estimate of drug-likeness (QED) is 0.868. The maximum Gasteiger partial charge on any atom is 0.253 e. The van der Waals surface area contributed by atoms with Gasteiger partial charge in [-0.15, -0.1) is 0 Å². The lowest BCUT2D eigenvalue weighted by molar-refractivity contribution is -0.899. The van der Waals surface area contributed by atoms with Crippen molar-refractivity contribution in [2.75, 3.05) is 6.54 Å². The fourth-order valence-corrected chi connectivity index (χ4v) is 3.37. The summed E-state index contributed by atoms with van der Waals surface area (Å²) in [5, 5.41) is 7.71. The van der Waals surface area contributed by atoms with Crippen LogP contribution in [0, 0.1) is 0 Å². The first-order chi connectivity index (χ1) is 10.9. The van der Waals surface area contributed by atoms with E-state index in [4.69, 9.17) is 4.42 Å². The zero-order chi connectivity index (χ0) is 16.7. The number of quaternary nitrogens is 1. The Kier molecular flexibility index (Phi) is 3.76. The van der Waals surface area contributed by atoms with Crippen LogP contribution >= 0.6 is 0 Å². The molecule has 5 nitrogen and oxygen atoms in total. The molecule has 0 saturated heterocycles. The molecule has 2 unspecified atom stereocenters. The highest BCUT2D eigenvalue weighted by Crippen LogP contribution is 2.35. The minimum atomic E-state index is -0.485. The molecule has 23 heavy (non-hydrogen) atoms. The fraction of sp³-hybridized carbons (Fsp3) is 0.444. The van der Waals surface area contributed by atoms with Crippen molar-refractivity contribution >= 4 is 12.1 Å². The van der Waals surface area contributed by atoms with Gasteiger partial charge in [-0.05, 0) is 46.2 Å². The van der Waals surface area contributed by atoms with E-state index in [1.807, 2.05) is 38.3 Å². The minimum absolute atomic E-state index is 0.0266. The van der Waals surface area contributed by atoms with Gasteiger partial charge >= 0.3 is 0 Å². The van der Waals surface area contributed by atoms with Crippen LogP contribution in [0.2, 0.25) is 0 Å². The molecule has 1 amide bonds. The third-order valence-corrected chi connectivity index (χ3v) is 4.88. The second kappa shape index (κ2) is 5.49. The van der Waals surface area contributed by atoms with Crippen LogP contribution in [0.5, 0.6) is 0 Å². The van der Waals surface area contributed by atoms with Crippen LogP contribution in [0.3, 0.4) is 0 Å². The average molecular weight is 314 g/mol. The van der Waals surface area contributed by atoms with Gasteiger partial charge in [-0.2, -0.15) is 4.59 Å². The molecule has 122 valence electrons. The highest BCUT2D eigenvalue weighted by Gasteiger charge is 2.42. The van der Waals surface area contributed by atoms with Gasteiger partial charge in [0.15, 0.2) is 0 Å². The van der Waals surface area contributed by atoms with E-state index in [0.29, 0.717) is 11.1 Å². The minimum Gasteiger partial charge on any atom is -0.467 e. The van der Waals surface area contributed by atoms with Gasteiger partial charge in [-0.25, -0.2) is 0 Å². The SMILES string of the molecule is CC1=C(C[N+]2(C(C)C)C=CC=N2)C(=O)NC(C)(c2ccco2)C1. The van der Waals surface area contributed by atoms with Gasteiger partial charge in [0.1, 0.15) is 24.5 Å². The largest absolute Gasteiger partial charge is 0.467 e. The molecule has 0 aliphatic carbocycles. The third kappa shape index (κ3) is 2.65. The van der Waals surface area contributed by atoms with Gasteiger partial charge in [0.25, 0.3) is 5.91 Å². The molecule has 2 aliphatic rings. The highest BCUT2D eigenvalue weighted by molar-refractivity contribution is 5.96. The first-order valence-corrected chi connectivity index (χ1v) is 8.02. The fourth-order valence-electron chi connectivity index (χ4n) is 3.37. The first kappa shape index (κ1) is 15.7. The van der Waals surface area contributed by atoms with E-state index >= 15 is 0 Å². The van der Waals surface area contributed by atoms with Crippen LogP contribution in [0.25, 0.3) is 0 Å². The van der Waals surface area contributed by atoms with Crippen molar-refractivity contribution in [3.8, 4) is 0 Å². The van der Waals surface area contributed by atoms with Crippen LogP contribution < -0.4 is 5.32 Å². The van der Waals surface area contributed by atoms with Crippen LogP contribution in [0.15, 0.2) is 51.3 Å². The van der Waals surface area contributed by atoms with Gasteiger partial charge in [0.2, 0.25) is 0 Å². The summed E-state index contributed by atoms with van der Waals surface area (Å²) in [4.78, 5) is 12.8. The Labute approximate surface area is 136 Å². The molecule has 2 aliphatic heterocycles. The normalized spacial score (nSPS) is 30.4. The summed E-state index contributed by atoms with van der Waals surface area (Å²) in [7, 11) is 0. The topological polar surface area (TPSA) is 54.6 Å². The van der Waals surface area contributed by atoms with Gasteiger partial charge in [0.05, 0.1) is 23.6 Å². The second-order valence-electron chi connectivity index (χ2n) is 6.94. The van der Waals surface area contributed by atoms with Gasteiger partial charge < -0.3 is 9.73 Å². The maximum atomic E-state index is 12.8. The van der Waals surface area contributed by atoms with Crippen LogP contribution in [0.1, 0.15) is 39.9 Å². The number of amides is 1. The number of allylic oxidation sites excluding steroid dienone is 1. The molecule has 1 N–H and O–H groups in total. The van der Waals surface area contributed by atoms with E-state index < -0.39 is 5.54 Å². The van der Waals surface area contributed by atoms with E-state index in [0.717, 1.165) is 23.3 Å². The summed E-state index contributed by atoms with van der Waals surface area (Å²) in [6.07, 6.45) is 8.20. The molecule has 0 radical (unpaired) electrons. The van der Waals surface area contributed by atoms with E-state index in [1.165, 1.54) is 0 Å². The summed E-state index contributed by atoms with van der Waals surface area (Å²) in [5.41, 5.74) is 1.44. The number of nitrogens with one attached hydrogen (secondary N) is 1. The smallest absolute Gasteiger partial charge is 0.253 e. The Morgan fingerprint density at radius 2 is 2.26 bits per heavy atom. The number of furan rings is 1. The van der Waals surface area contributed by atoms with E-state index in [-0.39, 0.29) is 11.9 Å². The van der Waals surface area contributed by atoms with Crippen LogP contribution in [-0.4, -0.2) is 29.3 Å². The third-order valence-electron chi connectivity index (χ3n) is 4.88. The van der Waals surface area contributed by atoms with Crippen molar-refractivity contribution in [3.63, 3.8) is 0 Å². The van der Waals surface area contributed by atoms with E-state index in [9.17, 15) is 4.79 Å². The maximum absolute atomic E-state index is 12.8. The summed E-state index contributed by atoms with van der Waals surface area (Å²) in [6, 6.07) is 4.04. The summed E-state index contributed by atoms with van der Waals surface area (Å²) in [5.74, 6) is 0.761. The molecule has 0 spiro atoms. The Balaban J connectivity index is 1.91. The van der Waals surface area contributed by atoms with Crippen molar-refractivity contribution in [2.45, 2.75) is 45.7 Å². The van der Waals surface area contributed by atoms with Gasteiger partial charge in [0, 0.05) is 6.08 Å². The Bertz CT molecular complexity index is 686. The summed E-state index contributed by atoms with van der Waals surface area (Å²) < 4.78 is 5.97. The van der Waals surface area contributed by atoms with Crippen molar-refractivity contribution < 1.29 is 13.8 Å². The van der Waals surface area contributed by atoms with Gasteiger partial charge in [-0.1, -0.05) is 10.7 Å². The average Bonchev–Trinajstić information content (AvgIpc) is 3.15. The van der Waals surface area contributed by atoms with Crippen LogP contribution in [0.4, 0.5) is 0 Å². The van der Waals surface area contributed by atoms with Crippen molar-refractivity contribution in [2.24, 2.45) is 5.10 Å². The zero-order valence-corrected chi connectivity index (χ0v) is 14.2. The van der Waals surface area contributed by atoms with Crippen molar-refractivity contribution in [3.05, 3.63) is 47.6 Å². The number of carbonyl (C=O) groups is 1. The monoisotopic (exact) mass is 314 g/mol. The number of nitrogens with zero attached hydrogens (tertiary/aromatic N) is 2. The predicted octanol–water partition coefficient (Wildman–Crippen LogP) is 3.07. The number of hydrogen-bond acceptors (Lipinski definition) is 3. The zero-order valence-electron chi connectivity index (χ0n) is 14.2. The molecule has 3 rings (SSSR count). The van der Waals surface area contributed by atoms with Gasteiger partial charge in [-0.3, -0.25) is 4.79 Å². The molecule has 2 atom stereocenters. The standard InChI is InChI=1S/C18H23N3O2/c1-13(2)21(9-6-8-19-21)12-15-14(3)11-18(4,20-17(15)22)16-7-5-10-23-16/h5-10,13H,11-12H2,1-4H3/p+1. The number of rotatable bonds is 4. The predicted molar refractivity (Wildman–Crippen MR) is 89.4 cm³/mol. The molecular formula is C18H24N3O2+. The molecule has 0 saturated carbocycles. The Morgan fingerprint density at radius 1 is 1.48 bits per heavy atom.